The van der Waals surface area contributed by atoms with E-state index < -0.39 is 11.7 Å². The summed E-state index contributed by atoms with van der Waals surface area (Å²) in [5, 5.41) is 7.84. The van der Waals surface area contributed by atoms with Gasteiger partial charge in [0.15, 0.2) is 5.69 Å². The fourth-order valence-corrected chi connectivity index (χ4v) is 3.50. The number of anilines is 1. The van der Waals surface area contributed by atoms with Crippen LogP contribution >= 0.6 is 0 Å². The van der Waals surface area contributed by atoms with Crippen LogP contribution in [0.1, 0.15) is 10.5 Å². The predicted octanol–water partition coefficient (Wildman–Crippen LogP) is 2.77. The smallest absolute Gasteiger partial charge is 0.276 e. The number of nitrogens with zero attached hydrogens (tertiary/aromatic N) is 3. The lowest BCUT2D eigenvalue weighted by Gasteiger charge is -2.26. The summed E-state index contributed by atoms with van der Waals surface area (Å²) in [6.45, 7) is 4.57. The molecule has 1 N–H and O–H groups in total. The third kappa shape index (κ3) is 4.08. The van der Waals surface area contributed by atoms with Gasteiger partial charge >= 0.3 is 0 Å². The number of methoxy groups -OCH3 is 1. The van der Waals surface area contributed by atoms with Crippen molar-refractivity contribution in [3.8, 4) is 5.75 Å². The van der Waals surface area contributed by atoms with E-state index in [-0.39, 0.29) is 11.4 Å². The number of amides is 1. The average Bonchev–Trinajstić information content (AvgIpc) is 3.14. The summed E-state index contributed by atoms with van der Waals surface area (Å²) in [5.41, 5.74) is 1.11. The van der Waals surface area contributed by atoms with Gasteiger partial charge in [-0.25, -0.2) is 4.39 Å². The number of para-hydroxylation sites is 2. The van der Waals surface area contributed by atoms with Crippen molar-refractivity contribution in [1.82, 2.24) is 14.7 Å². The molecule has 0 bridgehead atoms. The number of fused-ring (bicyclic) bond motifs is 1. The molecule has 2 aromatic carbocycles. The molecule has 1 aliphatic heterocycles. The quantitative estimate of drug-likeness (QED) is 0.692. The molecule has 0 unspecified atom stereocenters. The van der Waals surface area contributed by atoms with Gasteiger partial charge in [-0.2, -0.15) is 5.10 Å². The number of hydrogen-bond donors (Lipinski definition) is 1. The maximum Gasteiger partial charge on any atom is 0.276 e. The molecule has 0 spiro atoms. The number of rotatable bonds is 6. The zero-order valence-corrected chi connectivity index (χ0v) is 16.2. The van der Waals surface area contributed by atoms with E-state index in [1.54, 1.807) is 23.9 Å². The highest BCUT2D eigenvalue weighted by Crippen LogP contribution is 2.29. The number of ether oxygens (including phenoxy) is 2. The Kier molecular flexibility index (Phi) is 5.73. The predicted molar refractivity (Wildman–Crippen MR) is 108 cm³/mol. The Labute approximate surface area is 168 Å². The molecule has 0 atom stereocenters. The maximum absolute atomic E-state index is 14.0. The summed E-state index contributed by atoms with van der Waals surface area (Å²) in [4.78, 5) is 15.2. The summed E-state index contributed by atoms with van der Waals surface area (Å²) in [5.74, 6) is -0.310. The Balaban J connectivity index is 1.65. The second-order valence-corrected chi connectivity index (χ2v) is 6.82. The number of halogens is 1. The normalized spacial score (nSPS) is 14.8. The van der Waals surface area contributed by atoms with E-state index in [2.05, 4.69) is 15.3 Å². The van der Waals surface area contributed by atoms with Gasteiger partial charge in [0.05, 0.1) is 32.6 Å². The van der Waals surface area contributed by atoms with Gasteiger partial charge in [0, 0.05) is 25.0 Å². The number of carbonyl (C=O) groups is 1. The number of morpholine rings is 1. The van der Waals surface area contributed by atoms with Crippen LogP contribution in [0.25, 0.3) is 10.9 Å². The molecule has 4 rings (SSSR count). The molecule has 1 fully saturated rings. The van der Waals surface area contributed by atoms with Crippen LogP contribution in [-0.4, -0.2) is 60.5 Å². The van der Waals surface area contributed by atoms with E-state index in [0.717, 1.165) is 38.4 Å². The molecule has 7 nitrogen and oxygen atoms in total. The second kappa shape index (κ2) is 8.59. The largest absolute Gasteiger partial charge is 0.494 e. The third-order valence-corrected chi connectivity index (χ3v) is 5.02. The van der Waals surface area contributed by atoms with Crippen LogP contribution < -0.4 is 10.1 Å². The van der Waals surface area contributed by atoms with E-state index in [4.69, 9.17) is 9.47 Å². The first kappa shape index (κ1) is 19.4. The third-order valence-electron chi connectivity index (χ3n) is 5.02. The molecule has 1 aromatic heterocycles. The van der Waals surface area contributed by atoms with Crippen LogP contribution in [0.4, 0.5) is 10.1 Å². The monoisotopic (exact) mass is 398 g/mol. The minimum absolute atomic E-state index is 0.122. The molecular formula is C21H23FN4O3. The first-order valence-electron chi connectivity index (χ1n) is 9.57. The minimum atomic E-state index is -0.491. The van der Waals surface area contributed by atoms with Crippen LogP contribution in [0.3, 0.4) is 0 Å². The molecule has 29 heavy (non-hydrogen) atoms. The Hall–Kier alpha value is -2.97. The molecule has 3 aromatic rings. The van der Waals surface area contributed by atoms with Crippen molar-refractivity contribution in [1.29, 1.82) is 0 Å². The Morgan fingerprint density at radius 1 is 1.17 bits per heavy atom. The van der Waals surface area contributed by atoms with Gasteiger partial charge in [0.25, 0.3) is 5.91 Å². The highest BCUT2D eigenvalue weighted by molar-refractivity contribution is 6.12. The van der Waals surface area contributed by atoms with Crippen LogP contribution in [0.5, 0.6) is 5.75 Å². The number of benzene rings is 2. The number of carbonyl (C=O) groups excluding carboxylic acids is 1. The second-order valence-electron chi connectivity index (χ2n) is 6.82. The fraction of sp³-hybridized carbons (Fsp3) is 0.333. The molecule has 0 radical (unpaired) electrons. The molecule has 1 aliphatic rings. The van der Waals surface area contributed by atoms with E-state index in [9.17, 15) is 9.18 Å². The summed E-state index contributed by atoms with van der Waals surface area (Å²) in [6.07, 6.45) is 0. The molecule has 1 saturated heterocycles. The lowest BCUT2D eigenvalue weighted by molar-refractivity contribution is 0.0361. The van der Waals surface area contributed by atoms with E-state index in [1.165, 1.54) is 12.1 Å². The van der Waals surface area contributed by atoms with Gasteiger partial charge in [0.1, 0.15) is 17.1 Å². The molecular weight excluding hydrogens is 375 g/mol. The number of hydrogen-bond acceptors (Lipinski definition) is 5. The summed E-state index contributed by atoms with van der Waals surface area (Å²) < 4.78 is 26.6. The van der Waals surface area contributed by atoms with Gasteiger partial charge in [-0.1, -0.05) is 24.3 Å². The molecule has 1 amide bonds. The van der Waals surface area contributed by atoms with Crippen LogP contribution in [0, 0.1) is 5.82 Å². The molecule has 2 heterocycles. The van der Waals surface area contributed by atoms with E-state index in [0.29, 0.717) is 17.7 Å². The van der Waals surface area contributed by atoms with Crippen molar-refractivity contribution in [2.24, 2.45) is 0 Å². The first-order chi connectivity index (χ1) is 14.2. The Morgan fingerprint density at radius 3 is 2.72 bits per heavy atom. The summed E-state index contributed by atoms with van der Waals surface area (Å²) in [6, 6.07) is 11.5. The van der Waals surface area contributed by atoms with Gasteiger partial charge in [-0.15, -0.1) is 0 Å². The van der Waals surface area contributed by atoms with E-state index in [1.807, 2.05) is 18.2 Å². The molecule has 0 aliphatic carbocycles. The molecule has 0 saturated carbocycles. The van der Waals surface area contributed by atoms with Crippen LogP contribution in [0.2, 0.25) is 0 Å². The van der Waals surface area contributed by atoms with Gasteiger partial charge < -0.3 is 14.8 Å². The molecule has 152 valence electrons. The van der Waals surface area contributed by atoms with Gasteiger partial charge in [-0.05, 0) is 18.2 Å². The zero-order chi connectivity index (χ0) is 20.2. The van der Waals surface area contributed by atoms with Crippen molar-refractivity contribution in [3.05, 3.63) is 54.0 Å². The summed E-state index contributed by atoms with van der Waals surface area (Å²) >= 11 is 0. The van der Waals surface area contributed by atoms with E-state index >= 15 is 0 Å². The Morgan fingerprint density at radius 2 is 1.97 bits per heavy atom. The molecule has 8 heteroatoms. The van der Waals surface area contributed by atoms with Crippen molar-refractivity contribution >= 4 is 22.5 Å². The highest BCUT2D eigenvalue weighted by Gasteiger charge is 2.21. The van der Waals surface area contributed by atoms with Crippen LogP contribution in [-0.2, 0) is 11.3 Å². The number of nitrogens with one attached hydrogen (secondary N) is 1. The van der Waals surface area contributed by atoms with Crippen molar-refractivity contribution in [2.75, 3.05) is 45.3 Å². The highest BCUT2D eigenvalue weighted by atomic mass is 19.1. The SMILES string of the molecule is COc1cccc2c(C(=O)Nc3ccccc3F)nn(CCN3CCOCC3)c12. The standard InChI is InChI=1S/C21H23FN4O3/c1-28-18-8-4-5-15-19(21(27)23-17-7-3-2-6-16(17)22)24-26(20(15)18)10-9-25-11-13-29-14-12-25/h2-8H,9-14H2,1H3,(H,23,27). The zero-order valence-electron chi connectivity index (χ0n) is 16.2. The lowest BCUT2D eigenvalue weighted by atomic mass is 10.2. The lowest BCUT2D eigenvalue weighted by Crippen LogP contribution is -2.38. The van der Waals surface area contributed by atoms with Gasteiger partial charge in [-0.3, -0.25) is 14.4 Å². The maximum atomic E-state index is 14.0. The first-order valence-corrected chi connectivity index (χ1v) is 9.57. The minimum Gasteiger partial charge on any atom is -0.494 e. The Bertz CT molecular complexity index is 1010. The van der Waals surface area contributed by atoms with Crippen molar-refractivity contribution in [2.45, 2.75) is 6.54 Å². The van der Waals surface area contributed by atoms with Crippen molar-refractivity contribution in [3.63, 3.8) is 0 Å². The average molecular weight is 398 g/mol. The van der Waals surface area contributed by atoms with Gasteiger partial charge in [0.2, 0.25) is 0 Å². The van der Waals surface area contributed by atoms with Crippen molar-refractivity contribution < 1.29 is 18.7 Å². The summed E-state index contributed by atoms with van der Waals surface area (Å²) in [7, 11) is 1.59. The topological polar surface area (TPSA) is 68.6 Å². The number of aromatic nitrogens is 2. The fourth-order valence-electron chi connectivity index (χ4n) is 3.50. The van der Waals surface area contributed by atoms with Crippen LogP contribution in [0.15, 0.2) is 42.5 Å².